The maximum atomic E-state index is 12.6. The number of hydrogen-bond acceptors (Lipinski definition) is 5. The van der Waals surface area contributed by atoms with E-state index in [2.05, 4.69) is 4.98 Å². The monoisotopic (exact) mass is 384 g/mol. The minimum atomic E-state index is 0.0996. The zero-order valence-corrected chi connectivity index (χ0v) is 16.6. The Morgan fingerprint density at radius 2 is 1.96 bits per heavy atom. The Hall–Kier alpha value is -2.28. The number of aryl methyl sites for hydroxylation is 1. The number of carbonyl (C=O) groups is 2. The molecule has 0 spiro atoms. The number of piperidine rings is 1. The van der Waals surface area contributed by atoms with Crippen LogP contribution in [0.5, 0.6) is 0 Å². The van der Waals surface area contributed by atoms with E-state index in [9.17, 15) is 9.59 Å². The summed E-state index contributed by atoms with van der Waals surface area (Å²) in [5, 5.41) is 1.95. The van der Waals surface area contributed by atoms with Gasteiger partial charge in [0.25, 0.3) is 5.91 Å². The van der Waals surface area contributed by atoms with Crippen LogP contribution in [0.1, 0.15) is 58.0 Å². The Morgan fingerprint density at radius 1 is 1.19 bits per heavy atom. The van der Waals surface area contributed by atoms with Crippen molar-refractivity contribution in [2.24, 2.45) is 0 Å². The lowest BCUT2D eigenvalue weighted by atomic mass is 9.95. The van der Waals surface area contributed by atoms with Crippen LogP contribution in [0.15, 0.2) is 17.6 Å². The van der Waals surface area contributed by atoms with Crippen molar-refractivity contribution in [3.63, 3.8) is 0 Å². The van der Waals surface area contributed by atoms with Crippen molar-refractivity contribution >= 4 is 23.2 Å². The summed E-state index contributed by atoms with van der Waals surface area (Å²) in [5.74, 6) is 1.42. The highest BCUT2D eigenvalue weighted by atomic mass is 32.1. The molecule has 6 nitrogen and oxygen atoms in total. The minimum Gasteiger partial charge on any atom is -0.339 e. The molecule has 1 saturated heterocycles. The van der Waals surface area contributed by atoms with Gasteiger partial charge < -0.3 is 9.80 Å². The molecule has 0 radical (unpaired) electrons. The Balaban J connectivity index is 1.40. The topological polar surface area (TPSA) is 66.4 Å². The van der Waals surface area contributed by atoms with Crippen LogP contribution in [0.2, 0.25) is 0 Å². The molecule has 4 heterocycles. The van der Waals surface area contributed by atoms with Crippen LogP contribution in [0.3, 0.4) is 0 Å². The second-order valence-electron chi connectivity index (χ2n) is 7.40. The molecule has 2 amide bonds. The first-order chi connectivity index (χ1) is 13.0. The molecule has 0 saturated carbocycles. The largest absolute Gasteiger partial charge is 0.339 e. The summed E-state index contributed by atoms with van der Waals surface area (Å²) in [7, 11) is 0. The van der Waals surface area contributed by atoms with Crippen LogP contribution < -0.4 is 0 Å². The molecule has 27 heavy (non-hydrogen) atoms. The summed E-state index contributed by atoms with van der Waals surface area (Å²) < 4.78 is 0. The number of thiophene rings is 1. The summed E-state index contributed by atoms with van der Waals surface area (Å²) >= 11 is 1.62. The first-order valence-corrected chi connectivity index (χ1v) is 10.3. The molecular weight excluding hydrogens is 360 g/mol. The number of carbonyl (C=O) groups excluding carboxylic acids is 2. The van der Waals surface area contributed by atoms with Gasteiger partial charge in [0, 0.05) is 67.5 Å². The lowest BCUT2D eigenvalue weighted by Gasteiger charge is -2.32. The molecular formula is C20H24N4O2S. The second-order valence-corrected chi connectivity index (χ2v) is 8.52. The van der Waals surface area contributed by atoms with Crippen LogP contribution in [-0.2, 0) is 17.8 Å². The van der Waals surface area contributed by atoms with E-state index in [4.69, 9.17) is 4.98 Å². The van der Waals surface area contributed by atoms with Crippen molar-refractivity contribution in [3.05, 3.63) is 45.2 Å². The van der Waals surface area contributed by atoms with Gasteiger partial charge in [-0.15, -0.1) is 11.3 Å². The van der Waals surface area contributed by atoms with Gasteiger partial charge in [-0.2, -0.15) is 0 Å². The molecule has 0 aliphatic carbocycles. The van der Waals surface area contributed by atoms with Crippen LogP contribution in [0.25, 0.3) is 0 Å². The molecule has 0 N–H and O–H groups in total. The van der Waals surface area contributed by atoms with Gasteiger partial charge in [0.15, 0.2) is 0 Å². The van der Waals surface area contributed by atoms with Crippen molar-refractivity contribution in [2.75, 3.05) is 19.6 Å². The number of rotatable bonds is 2. The van der Waals surface area contributed by atoms with Gasteiger partial charge in [0.1, 0.15) is 5.82 Å². The molecule has 0 aromatic carbocycles. The first kappa shape index (κ1) is 18.1. The van der Waals surface area contributed by atoms with Crippen molar-refractivity contribution in [3.8, 4) is 0 Å². The molecule has 0 bridgehead atoms. The number of aromatic nitrogens is 2. The Morgan fingerprint density at radius 3 is 2.63 bits per heavy atom. The van der Waals surface area contributed by atoms with Crippen molar-refractivity contribution in [1.82, 2.24) is 19.8 Å². The molecule has 1 fully saturated rings. The quantitative estimate of drug-likeness (QED) is 0.799. The third kappa shape index (κ3) is 3.74. The zero-order valence-electron chi connectivity index (χ0n) is 15.8. The maximum absolute atomic E-state index is 12.6. The van der Waals surface area contributed by atoms with Gasteiger partial charge in [0.2, 0.25) is 5.91 Å². The van der Waals surface area contributed by atoms with E-state index in [1.165, 1.54) is 4.88 Å². The number of likely N-dealkylation sites (tertiary alicyclic amines) is 1. The third-order valence-electron chi connectivity index (χ3n) is 5.52. The molecule has 142 valence electrons. The van der Waals surface area contributed by atoms with E-state index in [1.807, 2.05) is 34.4 Å². The maximum Gasteiger partial charge on any atom is 0.254 e. The fraction of sp³-hybridized carbons (Fsp3) is 0.500. The van der Waals surface area contributed by atoms with E-state index >= 15 is 0 Å². The first-order valence-electron chi connectivity index (χ1n) is 9.46. The van der Waals surface area contributed by atoms with Gasteiger partial charge in [-0.05, 0) is 25.8 Å². The van der Waals surface area contributed by atoms with Gasteiger partial charge in [0.05, 0.1) is 11.3 Å². The molecule has 7 heteroatoms. The van der Waals surface area contributed by atoms with Crippen LogP contribution in [0, 0.1) is 6.92 Å². The molecule has 2 aromatic heterocycles. The molecule has 2 aromatic rings. The lowest BCUT2D eigenvalue weighted by Crippen LogP contribution is -2.38. The fourth-order valence-electron chi connectivity index (χ4n) is 3.88. The Bertz CT molecular complexity index is 871. The summed E-state index contributed by atoms with van der Waals surface area (Å²) in [4.78, 5) is 38.5. The highest BCUT2D eigenvalue weighted by molar-refractivity contribution is 7.10. The second kappa shape index (κ2) is 7.38. The summed E-state index contributed by atoms with van der Waals surface area (Å²) in [6.07, 6.45) is 4.47. The highest BCUT2D eigenvalue weighted by Crippen LogP contribution is 2.28. The smallest absolute Gasteiger partial charge is 0.254 e. The molecule has 0 atom stereocenters. The van der Waals surface area contributed by atoms with Gasteiger partial charge in [-0.3, -0.25) is 9.59 Å². The molecule has 4 rings (SSSR count). The lowest BCUT2D eigenvalue weighted by molar-refractivity contribution is -0.129. The van der Waals surface area contributed by atoms with Crippen molar-refractivity contribution in [1.29, 1.82) is 0 Å². The van der Waals surface area contributed by atoms with E-state index in [1.54, 1.807) is 18.3 Å². The average molecular weight is 385 g/mol. The zero-order chi connectivity index (χ0) is 19.0. The summed E-state index contributed by atoms with van der Waals surface area (Å²) in [6, 6.07) is 1.97. The van der Waals surface area contributed by atoms with E-state index in [-0.39, 0.29) is 11.8 Å². The van der Waals surface area contributed by atoms with Crippen molar-refractivity contribution in [2.45, 2.75) is 45.6 Å². The van der Waals surface area contributed by atoms with Gasteiger partial charge in [-0.1, -0.05) is 0 Å². The number of fused-ring (bicyclic) bond motifs is 1. The van der Waals surface area contributed by atoms with Crippen LogP contribution >= 0.6 is 11.3 Å². The molecule has 2 aliphatic rings. The van der Waals surface area contributed by atoms with Crippen molar-refractivity contribution < 1.29 is 9.59 Å². The third-order valence-corrected chi connectivity index (χ3v) is 6.38. The Labute approximate surface area is 163 Å². The summed E-state index contributed by atoms with van der Waals surface area (Å²) in [5.41, 5.74) is 2.93. The number of amides is 2. The molecule has 0 unspecified atom stereocenters. The SMILES string of the molecule is CC(=O)N1CCc2nc(C3CCN(C(=O)c4csc(C)c4)CC3)ncc2C1. The normalized spacial score (nSPS) is 17.7. The highest BCUT2D eigenvalue weighted by Gasteiger charge is 2.28. The molecule has 2 aliphatic heterocycles. The van der Waals surface area contributed by atoms with E-state index < -0.39 is 0 Å². The number of nitrogens with zero attached hydrogens (tertiary/aromatic N) is 4. The van der Waals surface area contributed by atoms with Crippen LogP contribution in [0.4, 0.5) is 0 Å². The predicted octanol–water partition coefficient (Wildman–Crippen LogP) is 2.77. The number of hydrogen-bond donors (Lipinski definition) is 0. The van der Waals surface area contributed by atoms with E-state index in [0.717, 1.165) is 61.5 Å². The Kier molecular flexibility index (Phi) is 4.95. The van der Waals surface area contributed by atoms with Crippen LogP contribution in [-0.4, -0.2) is 51.2 Å². The standard InChI is InChI=1S/C20H24N4O2S/c1-13-9-16(12-27-13)20(26)23-6-3-15(4-7-23)19-21-10-17-11-24(14(2)25)8-5-18(17)22-19/h9-10,12,15H,3-8,11H2,1-2H3. The fourth-order valence-corrected chi connectivity index (χ4v) is 4.55. The minimum absolute atomic E-state index is 0.0996. The van der Waals surface area contributed by atoms with E-state index in [0.29, 0.717) is 12.5 Å². The summed E-state index contributed by atoms with van der Waals surface area (Å²) in [6.45, 7) is 6.46. The van der Waals surface area contributed by atoms with Gasteiger partial charge in [-0.25, -0.2) is 9.97 Å². The average Bonchev–Trinajstić information content (AvgIpc) is 3.13. The predicted molar refractivity (Wildman–Crippen MR) is 104 cm³/mol. The van der Waals surface area contributed by atoms with Gasteiger partial charge >= 0.3 is 0 Å².